The average molecular weight is 258 g/mol. The molecule has 0 saturated carbocycles. The molecule has 1 rings (SSSR count). The van der Waals surface area contributed by atoms with Crippen molar-refractivity contribution in [2.45, 2.75) is 38.9 Å². The Labute approximate surface area is 109 Å². The Balaban J connectivity index is 2.58. The van der Waals surface area contributed by atoms with Gasteiger partial charge in [-0.3, -0.25) is 10.4 Å². The van der Waals surface area contributed by atoms with Gasteiger partial charge in [-0.25, -0.2) is 5.84 Å². The molecule has 6 heteroatoms. The summed E-state index contributed by atoms with van der Waals surface area (Å²) in [5, 5.41) is 0. The van der Waals surface area contributed by atoms with Crippen molar-refractivity contribution < 1.29 is 9.47 Å². The van der Waals surface area contributed by atoms with E-state index in [0.29, 0.717) is 13.2 Å². The maximum Gasteiger partial charge on any atom is 0.208 e. The highest BCUT2D eigenvalue weighted by molar-refractivity contribution is 5.79. The quantitative estimate of drug-likeness (QED) is 0.250. The van der Waals surface area contributed by atoms with Crippen molar-refractivity contribution in [1.82, 2.24) is 10.3 Å². The van der Waals surface area contributed by atoms with Crippen LogP contribution in [0, 0.1) is 0 Å². The van der Waals surface area contributed by atoms with Crippen molar-refractivity contribution >= 4 is 5.96 Å². The van der Waals surface area contributed by atoms with Crippen LogP contribution in [-0.2, 0) is 9.47 Å². The second-order valence-electron chi connectivity index (χ2n) is 5.26. The van der Waals surface area contributed by atoms with Gasteiger partial charge in [-0.2, -0.15) is 0 Å². The summed E-state index contributed by atoms with van der Waals surface area (Å²) in [5.74, 6) is 6.29. The van der Waals surface area contributed by atoms with Crippen LogP contribution < -0.4 is 11.3 Å². The van der Waals surface area contributed by atoms with E-state index in [-0.39, 0.29) is 11.7 Å². The minimum Gasteiger partial charge on any atom is -0.385 e. The number of nitrogens with two attached hydrogens (primary N) is 1. The lowest BCUT2D eigenvalue weighted by molar-refractivity contribution is -0.113. The standard InChI is InChI=1S/C12H26N4O2/c1-10-8-16(9-12(2,3)18-10)11(15-13)14-6-5-7-17-4/h10H,5-9,13H2,1-4H3,(H,14,15). The first-order valence-corrected chi connectivity index (χ1v) is 6.41. The van der Waals surface area contributed by atoms with Crippen molar-refractivity contribution in [1.29, 1.82) is 0 Å². The molecular weight excluding hydrogens is 232 g/mol. The molecule has 1 atom stereocenters. The van der Waals surface area contributed by atoms with Gasteiger partial charge in [0.05, 0.1) is 11.7 Å². The Bertz CT molecular complexity index is 281. The third-order valence-electron chi connectivity index (χ3n) is 2.77. The van der Waals surface area contributed by atoms with E-state index in [2.05, 4.69) is 36.1 Å². The van der Waals surface area contributed by atoms with Gasteiger partial charge >= 0.3 is 0 Å². The molecule has 1 aliphatic rings. The molecule has 0 aliphatic carbocycles. The van der Waals surface area contributed by atoms with E-state index in [9.17, 15) is 0 Å². The van der Waals surface area contributed by atoms with Gasteiger partial charge in [0, 0.05) is 33.4 Å². The Morgan fingerprint density at radius 1 is 1.61 bits per heavy atom. The summed E-state index contributed by atoms with van der Waals surface area (Å²) >= 11 is 0. The zero-order valence-corrected chi connectivity index (χ0v) is 11.9. The van der Waals surface area contributed by atoms with Crippen molar-refractivity contribution in [3.05, 3.63) is 0 Å². The van der Waals surface area contributed by atoms with Gasteiger partial charge < -0.3 is 14.4 Å². The smallest absolute Gasteiger partial charge is 0.208 e. The van der Waals surface area contributed by atoms with E-state index in [4.69, 9.17) is 15.3 Å². The second kappa shape index (κ2) is 6.92. The first-order valence-electron chi connectivity index (χ1n) is 6.41. The minimum atomic E-state index is -0.179. The molecule has 0 bridgehead atoms. The Kier molecular flexibility index (Phi) is 5.84. The average Bonchev–Trinajstić information content (AvgIpc) is 2.26. The van der Waals surface area contributed by atoms with Gasteiger partial charge in [0.1, 0.15) is 0 Å². The maximum atomic E-state index is 5.86. The Morgan fingerprint density at radius 2 is 2.33 bits per heavy atom. The van der Waals surface area contributed by atoms with E-state index in [1.165, 1.54) is 0 Å². The zero-order chi connectivity index (χ0) is 13.6. The number of aliphatic imine (C=N–C) groups is 1. The van der Waals surface area contributed by atoms with Gasteiger partial charge in [0.2, 0.25) is 5.96 Å². The molecule has 0 spiro atoms. The highest BCUT2D eigenvalue weighted by atomic mass is 16.5. The molecular formula is C12H26N4O2. The predicted octanol–water partition coefficient (Wildman–Crippen LogP) is 0.342. The molecule has 0 amide bonds. The molecule has 0 radical (unpaired) electrons. The van der Waals surface area contributed by atoms with Crippen LogP contribution >= 0.6 is 0 Å². The fourth-order valence-corrected chi connectivity index (χ4v) is 2.25. The fourth-order valence-electron chi connectivity index (χ4n) is 2.25. The summed E-state index contributed by atoms with van der Waals surface area (Å²) < 4.78 is 10.9. The Hall–Kier alpha value is -0.850. The number of morpholine rings is 1. The molecule has 1 heterocycles. The SMILES string of the molecule is COCCCN=C(NN)N1CC(C)OC(C)(C)C1. The van der Waals surface area contributed by atoms with Crippen LogP contribution in [0.1, 0.15) is 27.2 Å². The number of methoxy groups -OCH3 is 1. The third-order valence-corrected chi connectivity index (χ3v) is 2.77. The molecule has 1 saturated heterocycles. The highest BCUT2D eigenvalue weighted by Gasteiger charge is 2.32. The minimum absolute atomic E-state index is 0.172. The van der Waals surface area contributed by atoms with Crippen molar-refractivity contribution in [3.8, 4) is 0 Å². The molecule has 0 aromatic rings. The number of hydrazine groups is 1. The van der Waals surface area contributed by atoms with E-state index in [1.807, 2.05) is 0 Å². The van der Waals surface area contributed by atoms with E-state index in [0.717, 1.165) is 25.5 Å². The second-order valence-corrected chi connectivity index (χ2v) is 5.26. The summed E-state index contributed by atoms with van der Waals surface area (Å²) in [6.45, 7) is 9.23. The normalized spacial score (nSPS) is 24.2. The van der Waals surface area contributed by atoms with E-state index in [1.54, 1.807) is 7.11 Å². The summed E-state index contributed by atoms with van der Waals surface area (Å²) in [5.41, 5.74) is 2.51. The first kappa shape index (κ1) is 15.2. The van der Waals surface area contributed by atoms with Crippen molar-refractivity contribution in [2.75, 3.05) is 33.4 Å². The molecule has 0 aromatic carbocycles. The number of hydrogen-bond acceptors (Lipinski definition) is 4. The summed E-state index contributed by atoms with van der Waals surface area (Å²) in [7, 11) is 1.69. The van der Waals surface area contributed by atoms with Gasteiger partial charge in [-0.05, 0) is 27.2 Å². The molecule has 3 N–H and O–H groups in total. The number of guanidine groups is 1. The van der Waals surface area contributed by atoms with Crippen LogP contribution in [-0.4, -0.2) is 55.9 Å². The lowest BCUT2D eigenvalue weighted by Gasteiger charge is -2.42. The number of nitrogens with one attached hydrogen (secondary N) is 1. The third kappa shape index (κ3) is 4.80. The van der Waals surface area contributed by atoms with E-state index >= 15 is 0 Å². The predicted molar refractivity (Wildman–Crippen MR) is 72.3 cm³/mol. The van der Waals surface area contributed by atoms with Crippen LogP contribution in [0.3, 0.4) is 0 Å². The summed E-state index contributed by atoms with van der Waals surface area (Å²) in [4.78, 5) is 6.61. The largest absolute Gasteiger partial charge is 0.385 e. The highest BCUT2D eigenvalue weighted by Crippen LogP contribution is 2.20. The van der Waals surface area contributed by atoms with Gasteiger partial charge in [0.25, 0.3) is 0 Å². The van der Waals surface area contributed by atoms with Crippen LogP contribution in [0.25, 0.3) is 0 Å². The molecule has 1 unspecified atom stereocenters. The number of rotatable bonds is 4. The van der Waals surface area contributed by atoms with Crippen LogP contribution in [0.15, 0.2) is 4.99 Å². The van der Waals surface area contributed by atoms with Crippen molar-refractivity contribution in [3.63, 3.8) is 0 Å². The lowest BCUT2D eigenvalue weighted by atomic mass is 10.1. The number of ether oxygens (including phenoxy) is 2. The summed E-state index contributed by atoms with van der Waals surface area (Å²) in [6, 6.07) is 0. The topological polar surface area (TPSA) is 72.1 Å². The zero-order valence-electron chi connectivity index (χ0n) is 11.9. The molecule has 106 valence electrons. The number of hydrogen-bond donors (Lipinski definition) is 2. The monoisotopic (exact) mass is 258 g/mol. The summed E-state index contributed by atoms with van der Waals surface area (Å²) in [6.07, 6.45) is 1.07. The lowest BCUT2D eigenvalue weighted by Crippen LogP contribution is -2.57. The van der Waals surface area contributed by atoms with Crippen molar-refractivity contribution in [2.24, 2.45) is 10.8 Å². The fraction of sp³-hybridized carbons (Fsp3) is 0.917. The maximum absolute atomic E-state index is 5.86. The van der Waals surface area contributed by atoms with E-state index < -0.39 is 0 Å². The molecule has 18 heavy (non-hydrogen) atoms. The van der Waals surface area contributed by atoms with Crippen LogP contribution in [0.2, 0.25) is 0 Å². The van der Waals surface area contributed by atoms with Gasteiger partial charge in [0.15, 0.2) is 0 Å². The Morgan fingerprint density at radius 3 is 2.89 bits per heavy atom. The molecule has 6 nitrogen and oxygen atoms in total. The molecule has 1 fully saturated rings. The van der Waals surface area contributed by atoms with Crippen LogP contribution in [0.4, 0.5) is 0 Å². The van der Waals surface area contributed by atoms with Crippen LogP contribution in [0.5, 0.6) is 0 Å². The molecule has 1 aliphatic heterocycles. The van der Waals surface area contributed by atoms with Gasteiger partial charge in [-0.15, -0.1) is 0 Å². The van der Waals surface area contributed by atoms with Gasteiger partial charge in [-0.1, -0.05) is 0 Å². The molecule has 0 aromatic heterocycles. The number of nitrogens with zero attached hydrogens (tertiary/aromatic N) is 2. The first-order chi connectivity index (χ1) is 8.48.